The summed E-state index contributed by atoms with van der Waals surface area (Å²) in [5.74, 6) is -0.297. The van der Waals surface area contributed by atoms with E-state index in [2.05, 4.69) is 15.9 Å². The van der Waals surface area contributed by atoms with Crippen LogP contribution >= 0.6 is 15.9 Å². The zero-order valence-electron chi connectivity index (χ0n) is 8.80. The van der Waals surface area contributed by atoms with Crippen LogP contribution in [-0.2, 0) is 4.74 Å². The van der Waals surface area contributed by atoms with E-state index in [0.29, 0.717) is 29.5 Å². The molecule has 90 valence electrons. The summed E-state index contributed by atoms with van der Waals surface area (Å²) in [4.78, 5) is 22.9. The van der Waals surface area contributed by atoms with E-state index in [1.165, 1.54) is 16.8 Å². The molecule has 0 spiro atoms. The lowest BCUT2D eigenvalue weighted by molar-refractivity contribution is 0.0695. The fraction of sp³-hybridized carbons (Fsp3) is 0.455. The third-order valence-corrected chi connectivity index (χ3v) is 4.04. The maximum absolute atomic E-state index is 11.9. The molecule has 1 N–H and O–H groups in total. The lowest BCUT2D eigenvalue weighted by Crippen LogP contribution is -2.23. The summed E-state index contributed by atoms with van der Waals surface area (Å²) >= 11 is 3.11. The van der Waals surface area contributed by atoms with Gasteiger partial charge in [-0.25, -0.2) is 4.79 Å². The molecular weight excluding hydrogens is 290 g/mol. The van der Waals surface area contributed by atoms with Gasteiger partial charge >= 0.3 is 5.97 Å². The number of halogens is 1. The van der Waals surface area contributed by atoms with E-state index in [1.807, 2.05) is 0 Å². The Balaban J connectivity index is 2.04. The Kier molecular flexibility index (Phi) is 2.38. The molecule has 0 bridgehead atoms. The van der Waals surface area contributed by atoms with Crippen molar-refractivity contribution in [3.8, 4) is 0 Å². The minimum Gasteiger partial charge on any atom is -0.478 e. The predicted octanol–water partition coefficient (Wildman–Crippen LogP) is 1.13. The van der Waals surface area contributed by atoms with Crippen LogP contribution in [0.5, 0.6) is 0 Å². The number of hydrogen-bond donors (Lipinski definition) is 1. The Hall–Kier alpha value is -1.14. The zero-order chi connectivity index (χ0) is 12.2. The van der Waals surface area contributed by atoms with Crippen molar-refractivity contribution in [2.24, 2.45) is 11.8 Å². The lowest BCUT2D eigenvalue weighted by atomic mass is 10.3. The average molecular weight is 300 g/mol. The lowest BCUT2D eigenvalue weighted by Gasteiger charge is -2.10. The van der Waals surface area contributed by atoms with Crippen molar-refractivity contribution in [2.45, 2.75) is 6.04 Å². The minimum atomic E-state index is -1.03. The van der Waals surface area contributed by atoms with Gasteiger partial charge in [0.05, 0.1) is 23.2 Å². The van der Waals surface area contributed by atoms with Crippen LogP contribution in [0.25, 0.3) is 0 Å². The molecule has 6 heteroatoms. The van der Waals surface area contributed by atoms with Gasteiger partial charge in [0, 0.05) is 24.1 Å². The van der Waals surface area contributed by atoms with Gasteiger partial charge < -0.3 is 14.4 Å². The molecule has 17 heavy (non-hydrogen) atoms. The molecule has 1 aromatic rings. The summed E-state index contributed by atoms with van der Waals surface area (Å²) in [7, 11) is 0. The van der Waals surface area contributed by atoms with E-state index in [0.717, 1.165) is 0 Å². The topological polar surface area (TPSA) is 68.5 Å². The summed E-state index contributed by atoms with van der Waals surface area (Å²) in [5.41, 5.74) is -0.0447. The summed E-state index contributed by atoms with van der Waals surface area (Å²) in [6, 6.07) is 1.45. The monoisotopic (exact) mass is 299 g/mol. The third kappa shape index (κ3) is 1.63. The third-order valence-electron chi connectivity index (χ3n) is 3.47. The Labute approximate surface area is 105 Å². The number of rotatable bonds is 2. The normalized spacial score (nSPS) is 30.1. The maximum atomic E-state index is 11.9. The van der Waals surface area contributed by atoms with Crippen molar-refractivity contribution < 1.29 is 14.6 Å². The maximum Gasteiger partial charge on any atom is 0.337 e. The molecule has 3 atom stereocenters. The number of aromatic nitrogens is 1. The molecule has 3 rings (SSSR count). The van der Waals surface area contributed by atoms with Crippen molar-refractivity contribution in [3.63, 3.8) is 0 Å². The number of ether oxygens (including phenoxy) is 1. The number of hydrogen-bond acceptors (Lipinski definition) is 3. The van der Waals surface area contributed by atoms with Gasteiger partial charge in [-0.05, 0) is 22.0 Å². The average Bonchev–Trinajstić information content (AvgIpc) is 2.76. The zero-order valence-corrected chi connectivity index (χ0v) is 10.4. The molecule has 0 amide bonds. The summed E-state index contributed by atoms with van der Waals surface area (Å²) < 4.78 is 7.09. The van der Waals surface area contributed by atoms with Crippen LogP contribution in [0.4, 0.5) is 0 Å². The Morgan fingerprint density at radius 2 is 2.12 bits per heavy atom. The van der Waals surface area contributed by atoms with Crippen LogP contribution in [0.3, 0.4) is 0 Å². The highest BCUT2D eigenvalue weighted by molar-refractivity contribution is 9.10. The number of nitrogens with zero attached hydrogens (tertiary/aromatic N) is 1. The molecule has 2 heterocycles. The smallest absolute Gasteiger partial charge is 0.337 e. The minimum absolute atomic E-state index is 0.104. The highest BCUT2D eigenvalue weighted by Crippen LogP contribution is 2.53. The van der Waals surface area contributed by atoms with Crippen molar-refractivity contribution >= 4 is 21.9 Å². The van der Waals surface area contributed by atoms with Gasteiger partial charge in [0.1, 0.15) is 0 Å². The van der Waals surface area contributed by atoms with Crippen molar-refractivity contribution in [2.75, 3.05) is 13.2 Å². The number of pyridine rings is 1. The number of carboxylic acids is 1. The first-order valence-electron chi connectivity index (χ1n) is 5.32. The summed E-state index contributed by atoms with van der Waals surface area (Å²) in [6.45, 7) is 1.33. The van der Waals surface area contributed by atoms with E-state index in [1.54, 1.807) is 0 Å². The van der Waals surface area contributed by atoms with E-state index in [-0.39, 0.29) is 17.2 Å². The van der Waals surface area contributed by atoms with Crippen LogP contribution in [-0.4, -0.2) is 28.9 Å². The molecule has 1 aliphatic heterocycles. The van der Waals surface area contributed by atoms with Gasteiger partial charge in [-0.2, -0.15) is 0 Å². The quantitative estimate of drug-likeness (QED) is 0.889. The molecule has 1 saturated heterocycles. The van der Waals surface area contributed by atoms with Gasteiger partial charge in [0.15, 0.2) is 0 Å². The van der Waals surface area contributed by atoms with Crippen LogP contribution in [0, 0.1) is 11.8 Å². The van der Waals surface area contributed by atoms with Gasteiger partial charge in [0.25, 0.3) is 5.56 Å². The largest absolute Gasteiger partial charge is 0.478 e. The first kappa shape index (κ1) is 11.0. The molecule has 2 aliphatic rings. The summed E-state index contributed by atoms with van der Waals surface area (Å²) in [6.07, 6.45) is 1.43. The number of aromatic carboxylic acids is 1. The van der Waals surface area contributed by atoms with Crippen LogP contribution in [0.1, 0.15) is 16.4 Å². The highest BCUT2D eigenvalue weighted by Gasteiger charge is 2.55. The molecule has 0 radical (unpaired) electrons. The molecule has 0 aromatic carbocycles. The van der Waals surface area contributed by atoms with Gasteiger partial charge in [-0.1, -0.05) is 0 Å². The van der Waals surface area contributed by atoms with E-state index in [4.69, 9.17) is 9.84 Å². The second kappa shape index (κ2) is 3.68. The van der Waals surface area contributed by atoms with Crippen LogP contribution in [0.2, 0.25) is 0 Å². The number of fused-ring (bicyclic) bond motifs is 1. The Morgan fingerprint density at radius 3 is 2.71 bits per heavy atom. The molecule has 1 aromatic heterocycles. The number of carboxylic acid groups (broad SMARTS) is 1. The van der Waals surface area contributed by atoms with Crippen molar-refractivity contribution in [1.29, 1.82) is 0 Å². The SMILES string of the molecule is O=C(O)c1cc(Br)c(=O)n(C2[C@H]3COC[C@@H]23)c1. The Morgan fingerprint density at radius 1 is 1.47 bits per heavy atom. The molecule has 1 saturated carbocycles. The predicted molar refractivity (Wildman–Crippen MR) is 62.2 cm³/mol. The summed E-state index contributed by atoms with van der Waals surface area (Å²) in [5, 5.41) is 8.97. The molecule has 5 nitrogen and oxygen atoms in total. The Bertz CT molecular complexity index is 543. The first-order valence-corrected chi connectivity index (χ1v) is 6.11. The number of carbonyl (C=O) groups is 1. The molecule has 1 aliphatic carbocycles. The van der Waals surface area contributed by atoms with Crippen molar-refractivity contribution in [3.05, 3.63) is 32.7 Å². The van der Waals surface area contributed by atoms with Crippen molar-refractivity contribution in [1.82, 2.24) is 4.57 Å². The van der Waals surface area contributed by atoms with Gasteiger partial charge in [-0.3, -0.25) is 4.79 Å². The van der Waals surface area contributed by atoms with E-state index in [9.17, 15) is 9.59 Å². The van der Waals surface area contributed by atoms with E-state index < -0.39 is 5.97 Å². The van der Waals surface area contributed by atoms with Gasteiger partial charge in [0.2, 0.25) is 0 Å². The van der Waals surface area contributed by atoms with Gasteiger partial charge in [-0.15, -0.1) is 0 Å². The standard InChI is InChI=1S/C11H10BrNO4/c12-8-1-5(11(15)16)2-13(10(8)14)9-6-3-17-4-7(6)9/h1-2,6-7,9H,3-4H2,(H,15,16)/t6-,7+,9?. The highest BCUT2D eigenvalue weighted by atomic mass is 79.9. The fourth-order valence-electron chi connectivity index (χ4n) is 2.53. The van der Waals surface area contributed by atoms with Crippen LogP contribution in [0.15, 0.2) is 21.5 Å². The van der Waals surface area contributed by atoms with Crippen LogP contribution < -0.4 is 5.56 Å². The molecule has 2 fully saturated rings. The second-order valence-corrected chi connectivity index (χ2v) is 5.30. The molecule has 1 unspecified atom stereocenters. The second-order valence-electron chi connectivity index (χ2n) is 4.45. The van der Waals surface area contributed by atoms with E-state index >= 15 is 0 Å². The first-order chi connectivity index (χ1) is 8.09. The fourth-order valence-corrected chi connectivity index (χ4v) is 2.98. The molecular formula is C11H10BrNO4.